The van der Waals surface area contributed by atoms with E-state index in [2.05, 4.69) is 68.0 Å². The Bertz CT molecular complexity index is 857. The lowest BCUT2D eigenvalue weighted by atomic mass is 9.73. The monoisotopic (exact) mass is 300 g/mol. The van der Waals surface area contributed by atoms with E-state index in [0.29, 0.717) is 17.8 Å². The van der Waals surface area contributed by atoms with Crippen LogP contribution < -0.4 is 0 Å². The van der Waals surface area contributed by atoms with Gasteiger partial charge in [0.15, 0.2) is 6.10 Å². The van der Waals surface area contributed by atoms with Crippen molar-refractivity contribution in [1.29, 1.82) is 0 Å². The highest BCUT2D eigenvalue weighted by Gasteiger charge is 2.26. The maximum atomic E-state index is 9.32. The highest BCUT2D eigenvalue weighted by molar-refractivity contribution is 5.84. The fourth-order valence-corrected chi connectivity index (χ4v) is 3.12. The number of aliphatic hydroxyl groups is 1. The molecule has 0 aliphatic heterocycles. The Hall–Kier alpha value is -2.48. The van der Waals surface area contributed by atoms with Gasteiger partial charge in [0.2, 0.25) is 0 Å². The molecule has 1 aliphatic rings. The van der Waals surface area contributed by atoms with Crippen LogP contribution >= 0.6 is 0 Å². The van der Waals surface area contributed by atoms with Crippen LogP contribution in [0.25, 0.3) is 10.8 Å². The molecule has 1 nitrogen and oxygen atoms in total. The first-order valence-electron chi connectivity index (χ1n) is 7.96. The van der Waals surface area contributed by atoms with Crippen LogP contribution in [0.15, 0.2) is 48.6 Å². The number of rotatable bonds is 2. The average molecular weight is 300 g/mol. The minimum Gasteiger partial charge on any atom is -0.369 e. The van der Waals surface area contributed by atoms with Crippen molar-refractivity contribution < 1.29 is 5.11 Å². The fraction of sp³-hybridized carbons (Fsp3) is 0.273. The summed E-state index contributed by atoms with van der Waals surface area (Å²) in [5.74, 6) is 9.59. The maximum Gasteiger partial charge on any atom is 0.176 e. The molecular weight excluding hydrogens is 280 g/mol. The number of benzene rings is 2. The summed E-state index contributed by atoms with van der Waals surface area (Å²) < 4.78 is 0. The van der Waals surface area contributed by atoms with Gasteiger partial charge in [-0.25, -0.2) is 0 Å². The third-order valence-electron chi connectivity index (χ3n) is 4.72. The molecule has 0 amide bonds. The summed E-state index contributed by atoms with van der Waals surface area (Å²) in [6.07, 6.45) is 8.70. The second-order valence-electron chi connectivity index (χ2n) is 6.27. The normalized spacial score (nSPS) is 21.7. The van der Waals surface area contributed by atoms with Crippen molar-refractivity contribution in [3.05, 3.63) is 59.7 Å². The zero-order valence-corrected chi connectivity index (χ0v) is 13.5. The predicted octanol–water partition coefficient (Wildman–Crippen LogP) is 4.11. The van der Waals surface area contributed by atoms with E-state index in [0.717, 1.165) is 10.9 Å². The van der Waals surface area contributed by atoms with Gasteiger partial charge in [-0.2, -0.15) is 0 Å². The molecule has 1 aliphatic carbocycles. The molecule has 0 saturated carbocycles. The number of allylic oxidation sites excluding steroid dienone is 2. The number of hydrogen-bond acceptors (Lipinski definition) is 1. The highest BCUT2D eigenvalue weighted by atomic mass is 16.3. The Morgan fingerprint density at radius 3 is 2.48 bits per heavy atom. The molecule has 2 aromatic rings. The van der Waals surface area contributed by atoms with Gasteiger partial charge in [-0.05, 0) is 46.2 Å². The number of aliphatic hydroxyl groups excluding tert-OH is 1. The van der Waals surface area contributed by atoms with Crippen molar-refractivity contribution in [1.82, 2.24) is 0 Å². The SMILES string of the molecule is C#CC(O)C#Cc1ccc2cc(C(C)C3C=CC3C)ccc2c1. The maximum absolute atomic E-state index is 9.32. The topological polar surface area (TPSA) is 20.2 Å². The van der Waals surface area contributed by atoms with Crippen molar-refractivity contribution in [3.63, 3.8) is 0 Å². The average Bonchev–Trinajstić information content (AvgIpc) is 2.57. The van der Waals surface area contributed by atoms with E-state index in [4.69, 9.17) is 6.42 Å². The van der Waals surface area contributed by atoms with Crippen LogP contribution in [0.1, 0.15) is 30.9 Å². The fourth-order valence-electron chi connectivity index (χ4n) is 3.12. The summed E-state index contributed by atoms with van der Waals surface area (Å²) in [4.78, 5) is 0. The second kappa shape index (κ2) is 6.33. The predicted molar refractivity (Wildman–Crippen MR) is 95.9 cm³/mol. The molecule has 1 N–H and O–H groups in total. The van der Waals surface area contributed by atoms with Crippen LogP contribution in [0.2, 0.25) is 0 Å². The van der Waals surface area contributed by atoms with E-state index in [1.54, 1.807) is 0 Å². The van der Waals surface area contributed by atoms with Gasteiger partial charge in [-0.1, -0.05) is 68.0 Å². The van der Waals surface area contributed by atoms with Crippen LogP contribution in [-0.4, -0.2) is 11.2 Å². The molecule has 3 rings (SSSR count). The first-order chi connectivity index (χ1) is 11.1. The van der Waals surface area contributed by atoms with Crippen LogP contribution in [0.3, 0.4) is 0 Å². The number of hydrogen-bond donors (Lipinski definition) is 1. The first-order valence-corrected chi connectivity index (χ1v) is 7.96. The van der Waals surface area contributed by atoms with Gasteiger partial charge >= 0.3 is 0 Å². The summed E-state index contributed by atoms with van der Waals surface area (Å²) in [6.45, 7) is 4.57. The molecular formula is C22H20O. The number of fused-ring (bicyclic) bond motifs is 1. The van der Waals surface area contributed by atoms with E-state index < -0.39 is 6.10 Å². The molecule has 0 bridgehead atoms. The van der Waals surface area contributed by atoms with Crippen LogP contribution in [0.5, 0.6) is 0 Å². The van der Waals surface area contributed by atoms with Crippen LogP contribution in [0, 0.1) is 36.0 Å². The molecule has 0 saturated heterocycles. The van der Waals surface area contributed by atoms with Gasteiger partial charge in [0.1, 0.15) is 0 Å². The quantitative estimate of drug-likeness (QED) is 0.653. The Morgan fingerprint density at radius 2 is 1.83 bits per heavy atom. The Kier molecular flexibility index (Phi) is 4.24. The molecule has 23 heavy (non-hydrogen) atoms. The zero-order chi connectivity index (χ0) is 16.4. The molecule has 1 heteroatoms. The third kappa shape index (κ3) is 3.16. The van der Waals surface area contributed by atoms with Crippen molar-refractivity contribution in [2.45, 2.75) is 25.9 Å². The summed E-state index contributed by atoms with van der Waals surface area (Å²) >= 11 is 0. The lowest BCUT2D eigenvalue weighted by Crippen LogP contribution is -2.21. The smallest absolute Gasteiger partial charge is 0.176 e. The summed E-state index contributed by atoms with van der Waals surface area (Å²) in [5.41, 5.74) is 2.24. The third-order valence-corrected chi connectivity index (χ3v) is 4.72. The van der Waals surface area contributed by atoms with E-state index in [1.807, 2.05) is 12.1 Å². The van der Waals surface area contributed by atoms with Crippen molar-refractivity contribution in [2.75, 3.05) is 0 Å². The molecule has 114 valence electrons. The van der Waals surface area contributed by atoms with Crippen molar-refractivity contribution in [3.8, 4) is 24.2 Å². The van der Waals surface area contributed by atoms with Gasteiger partial charge in [-0.3, -0.25) is 0 Å². The van der Waals surface area contributed by atoms with Crippen molar-refractivity contribution >= 4 is 10.8 Å². The van der Waals surface area contributed by atoms with E-state index in [9.17, 15) is 5.11 Å². The minimum atomic E-state index is -1.01. The highest BCUT2D eigenvalue weighted by Crippen LogP contribution is 2.38. The Morgan fingerprint density at radius 1 is 1.09 bits per heavy atom. The molecule has 4 atom stereocenters. The Balaban J connectivity index is 1.88. The molecule has 0 aromatic heterocycles. The van der Waals surface area contributed by atoms with Gasteiger partial charge in [-0.15, -0.1) is 6.42 Å². The summed E-state index contributed by atoms with van der Waals surface area (Å²) in [7, 11) is 0. The first kappa shape index (κ1) is 15.4. The minimum absolute atomic E-state index is 0.532. The van der Waals surface area contributed by atoms with Gasteiger partial charge < -0.3 is 5.11 Å². The lowest BCUT2D eigenvalue weighted by molar-refractivity contribution is 0.290. The lowest BCUT2D eigenvalue weighted by Gasteiger charge is -2.32. The van der Waals surface area contributed by atoms with E-state index in [-0.39, 0.29) is 0 Å². The largest absolute Gasteiger partial charge is 0.369 e. The second-order valence-corrected chi connectivity index (χ2v) is 6.27. The van der Waals surface area contributed by atoms with E-state index in [1.165, 1.54) is 10.9 Å². The summed E-state index contributed by atoms with van der Waals surface area (Å²) in [5, 5.41) is 11.7. The molecule has 0 heterocycles. The van der Waals surface area contributed by atoms with Gasteiger partial charge in [0.25, 0.3) is 0 Å². The summed E-state index contributed by atoms with van der Waals surface area (Å²) in [6, 6.07) is 12.7. The van der Waals surface area contributed by atoms with Gasteiger partial charge in [0.05, 0.1) is 0 Å². The van der Waals surface area contributed by atoms with E-state index >= 15 is 0 Å². The molecule has 4 unspecified atom stereocenters. The van der Waals surface area contributed by atoms with Crippen molar-refractivity contribution in [2.24, 2.45) is 11.8 Å². The standard InChI is InChI=1S/C22H20O/c1-4-21(23)11-7-17-6-8-20-14-18(9-10-19(20)13-17)16(3)22-12-5-15(22)2/h1,5-6,8-10,12-16,21-23H,2-3H3. The molecule has 2 aromatic carbocycles. The molecule has 0 fully saturated rings. The van der Waals surface area contributed by atoms with Crippen LogP contribution in [0.4, 0.5) is 0 Å². The van der Waals surface area contributed by atoms with Crippen LogP contribution in [-0.2, 0) is 0 Å². The van der Waals surface area contributed by atoms with Gasteiger partial charge in [0, 0.05) is 5.56 Å². The molecule has 0 radical (unpaired) electrons. The zero-order valence-electron chi connectivity index (χ0n) is 13.5. The number of terminal acetylenes is 1. The molecule has 0 spiro atoms. The Labute approximate surface area is 138 Å².